The van der Waals surface area contributed by atoms with Crippen LogP contribution in [0.2, 0.25) is 0 Å². The molecule has 1 aromatic heterocycles. The molecule has 3 heteroatoms. The Morgan fingerprint density at radius 3 is 2.02 bits per heavy atom. The second-order valence-electron chi connectivity index (χ2n) is 14.8. The van der Waals surface area contributed by atoms with Crippen molar-refractivity contribution in [2.75, 3.05) is 4.90 Å². The van der Waals surface area contributed by atoms with Crippen LogP contribution < -0.4 is 9.64 Å². The van der Waals surface area contributed by atoms with Crippen molar-refractivity contribution in [3.8, 4) is 33.8 Å². The van der Waals surface area contributed by atoms with Crippen molar-refractivity contribution in [1.82, 2.24) is 0 Å². The maximum Gasteiger partial charge on any atom is 0.140 e. The Morgan fingerprint density at radius 2 is 1.11 bits per heavy atom. The van der Waals surface area contributed by atoms with Gasteiger partial charge in [-0.15, -0.1) is 11.3 Å². The third-order valence-electron chi connectivity index (χ3n) is 11.9. The average molecular weight is 732 g/mol. The highest BCUT2D eigenvalue weighted by Gasteiger charge is 2.51. The summed E-state index contributed by atoms with van der Waals surface area (Å²) in [5, 5.41) is 4.85. The number of fused-ring (bicyclic) bond motifs is 14. The zero-order chi connectivity index (χ0) is 36.8. The monoisotopic (exact) mass is 731 g/mol. The Labute approximate surface area is 329 Å². The van der Waals surface area contributed by atoms with Crippen LogP contribution in [0.5, 0.6) is 11.5 Å². The van der Waals surface area contributed by atoms with Gasteiger partial charge in [-0.25, -0.2) is 0 Å². The number of rotatable bonds is 4. The summed E-state index contributed by atoms with van der Waals surface area (Å²) >= 11 is 1.87. The van der Waals surface area contributed by atoms with Gasteiger partial charge < -0.3 is 9.64 Å². The highest BCUT2D eigenvalue weighted by Crippen LogP contribution is 2.63. The molecule has 1 aliphatic heterocycles. The van der Waals surface area contributed by atoms with Crippen LogP contribution >= 0.6 is 11.3 Å². The number of nitrogens with zero attached hydrogens (tertiary/aromatic N) is 1. The molecule has 56 heavy (non-hydrogen) atoms. The molecule has 0 fully saturated rings. The Hall–Kier alpha value is -6.94. The van der Waals surface area contributed by atoms with Gasteiger partial charge in [-0.3, -0.25) is 0 Å². The van der Waals surface area contributed by atoms with E-state index in [-0.39, 0.29) is 0 Å². The summed E-state index contributed by atoms with van der Waals surface area (Å²) in [4.78, 5) is 2.50. The van der Waals surface area contributed by atoms with E-state index >= 15 is 0 Å². The lowest BCUT2D eigenvalue weighted by atomic mass is 9.65. The average Bonchev–Trinajstić information content (AvgIpc) is 3.79. The molecule has 1 spiro atoms. The second kappa shape index (κ2) is 12.0. The lowest BCUT2D eigenvalue weighted by molar-refractivity contribution is 0.441. The fourth-order valence-electron chi connectivity index (χ4n) is 9.60. The van der Waals surface area contributed by atoms with Crippen LogP contribution in [0.1, 0.15) is 22.3 Å². The highest BCUT2D eigenvalue weighted by molar-refractivity contribution is 7.26. The molecular weight excluding hydrogens is 699 g/mol. The van der Waals surface area contributed by atoms with E-state index in [1.807, 2.05) is 11.3 Å². The number of benzene rings is 9. The summed E-state index contributed by atoms with van der Waals surface area (Å²) in [6.07, 6.45) is 0. The standard InChI is InChI=1S/C53H33NOS/c1-2-15-34(16-3-1)37-18-7-11-25-47(37)54(48-26-14-22-42-41-21-8-13-28-50(41)56-52(42)48)36-30-31-40-39-20-6-9-23-43(39)53(46(40)33-36)44-24-10-12-27-49(44)55-51-38-19-5-4-17-35(38)29-32-45(51)53/h1-33H. The molecule has 12 rings (SSSR count). The van der Waals surface area contributed by atoms with E-state index in [9.17, 15) is 0 Å². The summed E-state index contributed by atoms with van der Waals surface area (Å²) in [5.74, 6) is 1.82. The highest BCUT2D eigenvalue weighted by atomic mass is 32.1. The molecule has 0 amide bonds. The molecule has 2 aliphatic rings. The first kappa shape index (κ1) is 31.4. The Balaban J connectivity index is 1.19. The first-order chi connectivity index (χ1) is 27.8. The molecule has 1 atom stereocenters. The number of ether oxygens (including phenoxy) is 1. The summed E-state index contributed by atoms with van der Waals surface area (Å²) in [7, 11) is 0. The van der Waals surface area contributed by atoms with Crippen LogP contribution in [0.15, 0.2) is 200 Å². The fourth-order valence-corrected chi connectivity index (χ4v) is 10.8. The van der Waals surface area contributed by atoms with Gasteiger partial charge in [0, 0.05) is 43.2 Å². The van der Waals surface area contributed by atoms with Crippen LogP contribution in [0.25, 0.3) is 53.2 Å². The van der Waals surface area contributed by atoms with Crippen molar-refractivity contribution in [1.29, 1.82) is 0 Å². The van der Waals surface area contributed by atoms with Crippen LogP contribution in [-0.2, 0) is 5.41 Å². The third-order valence-corrected chi connectivity index (χ3v) is 13.1. The molecule has 2 nitrogen and oxygen atoms in total. The molecule has 262 valence electrons. The lowest BCUT2D eigenvalue weighted by Crippen LogP contribution is -2.32. The molecule has 1 aliphatic carbocycles. The maximum atomic E-state index is 6.96. The SMILES string of the molecule is c1ccc(-c2ccccc2N(c2ccc3c(c2)C2(c4ccccc4Oc4c2ccc2ccccc42)c2ccccc2-3)c2cccc3c2sc2ccccc23)cc1. The van der Waals surface area contributed by atoms with E-state index in [2.05, 4.69) is 205 Å². The summed E-state index contributed by atoms with van der Waals surface area (Å²) in [6.45, 7) is 0. The maximum absolute atomic E-state index is 6.96. The molecule has 0 saturated carbocycles. The zero-order valence-corrected chi connectivity index (χ0v) is 31.1. The number of hydrogen-bond donors (Lipinski definition) is 0. The smallest absolute Gasteiger partial charge is 0.140 e. The van der Waals surface area contributed by atoms with Crippen LogP contribution in [0.3, 0.4) is 0 Å². The molecule has 2 heterocycles. The third kappa shape index (κ3) is 4.32. The molecule has 0 N–H and O–H groups in total. The van der Waals surface area contributed by atoms with Gasteiger partial charge in [0.2, 0.25) is 0 Å². The quantitative estimate of drug-likeness (QED) is 0.179. The van der Waals surface area contributed by atoms with Gasteiger partial charge >= 0.3 is 0 Å². The van der Waals surface area contributed by atoms with Gasteiger partial charge in [-0.2, -0.15) is 0 Å². The Kier molecular flexibility index (Phi) is 6.75. The van der Waals surface area contributed by atoms with E-state index in [0.717, 1.165) is 39.5 Å². The van der Waals surface area contributed by atoms with E-state index in [1.54, 1.807) is 0 Å². The van der Waals surface area contributed by atoms with Crippen molar-refractivity contribution in [2.45, 2.75) is 5.41 Å². The summed E-state index contributed by atoms with van der Waals surface area (Å²) in [5.41, 5.74) is 12.5. The predicted octanol–water partition coefficient (Wildman–Crippen LogP) is 14.8. The largest absolute Gasteiger partial charge is 0.456 e. The van der Waals surface area contributed by atoms with Gasteiger partial charge in [0.25, 0.3) is 0 Å². The first-order valence-corrected chi connectivity index (χ1v) is 20.0. The Morgan fingerprint density at radius 1 is 0.429 bits per heavy atom. The zero-order valence-electron chi connectivity index (χ0n) is 30.3. The van der Waals surface area contributed by atoms with E-state index in [1.165, 1.54) is 64.5 Å². The predicted molar refractivity (Wildman–Crippen MR) is 234 cm³/mol. The topological polar surface area (TPSA) is 12.5 Å². The second-order valence-corrected chi connectivity index (χ2v) is 15.8. The number of anilines is 3. The van der Waals surface area contributed by atoms with Crippen LogP contribution in [0, 0.1) is 0 Å². The van der Waals surface area contributed by atoms with E-state index in [4.69, 9.17) is 4.74 Å². The molecular formula is C53H33NOS. The minimum Gasteiger partial charge on any atom is -0.456 e. The van der Waals surface area contributed by atoms with Gasteiger partial charge in [-0.05, 0) is 69.6 Å². The lowest BCUT2D eigenvalue weighted by Gasteiger charge is -2.40. The molecule has 1 unspecified atom stereocenters. The van der Waals surface area contributed by atoms with Crippen molar-refractivity contribution in [3.63, 3.8) is 0 Å². The summed E-state index contributed by atoms with van der Waals surface area (Å²) < 4.78 is 9.51. The van der Waals surface area contributed by atoms with Gasteiger partial charge in [0.15, 0.2) is 0 Å². The fraction of sp³-hybridized carbons (Fsp3) is 0.0189. The molecule has 9 aromatic carbocycles. The number of para-hydroxylation sites is 2. The molecule has 0 saturated heterocycles. The van der Waals surface area contributed by atoms with Gasteiger partial charge in [-0.1, -0.05) is 164 Å². The van der Waals surface area contributed by atoms with E-state index < -0.39 is 5.41 Å². The van der Waals surface area contributed by atoms with Crippen molar-refractivity contribution in [3.05, 3.63) is 222 Å². The van der Waals surface area contributed by atoms with Crippen molar-refractivity contribution >= 4 is 59.3 Å². The normalized spacial score (nSPS) is 15.0. The first-order valence-electron chi connectivity index (χ1n) is 19.2. The van der Waals surface area contributed by atoms with Gasteiger partial charge in [0.05, 0.1) is 21.5 Å². The van der Waals surface area contributed by atoms with Crippen molar-refractivity contribution < 1.29 is 4.74 Å². The molecule has 0 bridgehead atoms. The van der Waals surface area contributed by atoms with Crippen LogP contribution in [-0.4, -0.2) is 0 Å². The van der Waals surface area contributed by atoms with Crippen LogP contribution in [0.4, 0.5) is 17.1 Å². The Bertz CT molecular complexity index is 3200. The summed E-state index contributed by atoms with van der Waals surface area (Å²) in [6, 6.07) is 73.2. The molecule has 10 aromatic rings. The minimum absolute atomic E-state index is 0.607. The number of hydrogen-bond acceptors (Lipinski definition) is 3. The number of thiophene rings is 1. The van der Waals surface area contributed by atoms with E-state index in [0.29, 0.717) is 0 Å². The minimum atomic E-state index is -0.607. The molecule has 0 radical (unpaired) electrons. The van der Waals surface area contributed by atoms with Crippen molar-refractivity contribution in [2.24, 2.45) is 0 Å². The van der Waals surface area contributed by atoms with Gasteiger partial charge in [0.1, 0.15) is 11.5 Å².